The molecule has 3 aromatic rings. The summed E-state index contributed by atoms with van der Waals surface area (Å²) in [5.41, 5.74) is 7.68. The van der Waals surface area contributed by atoms with Crippen LogP contribution in [0.5, 0.6) is 5.75 Å². The molecule has 1 atom stereocenters. The Bertz CT molecular complexity index is 985. The fourth-order valence-corrected chi connectivity index (χ4v) is 3.68. The molecule has 0 fully saturated rings. The van der Waals surface area contributed by atoms with E-state index in [-0.39, 0.29) is 5.97 Å². The second-order valence-electron chi connectivity index (χ2n) is 6.05. The van der Waals surface area contributed by atoms with Crippen molar-refractivity contribution in [1.29, 1.82) is 0 Å². The first kappa shape index (κ1) is 19.8. The number of amides is 1. The first-order chi connectivity index (χ1) is 13.5. The maximum atomic E-state index is 12.7. The number of imidazole rings is 1. The third-order valence-corrected chi connectivity index (χ3v) is 5.18. The molecular weight excluding hydrogens is 378 g/mol. The van der Waals surface area contributed by atoms with Crippen molar-refractivity contribution in [2.24, 2.45) is 5.73 Å². The monoisotopic (exact) mass is 399 g/mol. The molecule has 1 unspecified atom stereocenters. The molecule has 0 aliphatic rings. The van der Waals surface area contributed by atoms with Gasteiger partial charge >= 0.3 is 5.97 Å². The highest BCUT2D eigenvalue weighted by Crippen LogP contribution is 2.36. The predicted octanol–water partition coefficient (Wildman–Crippen LogP) is 3.46. The van der Waals surface area contributed by atoms with Crippen molar-refractivity contribution in [1.82, 2.24) is 9.97 Å². The number of methoxy groups -OCH3 is 1. The van der Waals surface area contributed by atoms with Gasteiger partial charge in [0, 0.05) is 0 Å². The number of esters is 1. The minimum absolute atomic E-state index is 0.329. The molecule has 1 amide bonds. The normalized spacial score (nSPS) is 11.9. The minimum atomic E-state index is -0.616. The molecule has 28 heavy (non-hydrogen) atoms. The molecule has 146 valence electrons. The van der Waals surface area contributed by atoms with Gasteiger partial charge in [-0.2, -0.15) is 0 Å². The quantitative estimate of drug-likeness (QED) is 0.444. The van der Waals surface area contributed by atoms with E-state index >= 15 is 0 Å². The predicted molar refractivity (Wildman–Crippen MR) is 107 cm³/mol. The van der Waals surface area contributed by atoms with E-state index in [1.165, 1.54) is 11.8 Å². The topological polar surface area (TPSA) is 107 Å². The highest BCUT2D eigenvalue weighted by Gasteiger charge is 2.25. The van der Waals surface area contributed by atoms with Crippen molar-refractivity contribution in [3.05, 3.63) is 53.6 Å². The summed E-state index contributed by atoms with van der Waals surface area (Å²) in [6, 6.07) is 12.4. The lowest BCUT2D eigenvalue weighted by molar-refractivity contribution is -0.143. The van der Waals surface area contributed by atoms with Crippen LogP contribution in [0.25, 0.3) is 11.0 Å². The van der Waals surface area contributed by atoms with Crippen LogP contribution in [0.15, 0.2) is 47.6 Å². The fraction of sp³-hybridized carbons (Fsp3) is 0.250. The number of benzene rings is 2. The molecule has 3 N–H and O–H groups in total. The molecule has 0 bridgehead atoms. The first-order valence-electron chi connectivity index (χ1n) is 8.79. The van der Waals surface area contributed by atoms with Crippen LogP contribution < -0.4 is 10.5 Å². The van der Waals surface area contributed by atoms with Gasteiger partial charge < -0.3 is 20.2 Å². The van der Waals surface area contributed by atoms with Gasteiger partial charge in [0.15, 0.2) is 5.16 Å². The number of nitrogens with one attached hydrogen (secondary N) is 1. The van der Waals surface area contributed by atoms with E-state index in [0.717, 1.165) is 12.0 Å². The van der Waals surface area contributed by atoms with Crippen molar-refractivity contribution in [2.75, 3.05) is 13.7 Å². The van der Waals surface area contributed by atoms with E-state index in [2.05, 4.69) is 9.97 Å². The van der Waals surface area contributed by atoms with Gasteiger partial charge in [-0.25, -0.2) is 4.98 Å². The summed E-state index contributed by atoms with van der Waals surface area (Å²) < 4.78 is 10.5. The lowest BCUT2D eigenvalue weighted by Gasteiger charge is -2.15. The fourth-order valence-electron chi connectivity index (χ4n) is 2.69. The van der Waals surface area contributed by atoms with Gasteiger partial charge in [0.25, 0.3) is 5.91 Å². The minimum Gasteiger partial charge on any atom is -0.497 e. The number of carbonyl (C=O) groups excluding carboxylic acids is 2. The van der Waals surface area contributed by atoms with Crippen LogP contribution in [-0.4, -0.2) is 35.6 Å². The Hall–Kier alpha value is -3.00. The third kappa shape index (κ3) is 4.28. The van der Waals surface area contributed by atoms with Crippen LogP contribution in [0.3, 0.4) is 0 Å². The summed E-state index contributed by atoms with van der Waals surface area (Å²) in [6.45, 7) is 2.28. The number of aromatic nitrogens is 2. The number of carbonyl (C=O) groups is 2. The molecule has 3 rings (SSSR count). The standard InChI is InChI=1S/C20H21N3O4S/c1-3-11-27-19(25)17(12-7-9-13(26-2)10-8-12)28-20-22-15-6-4-5-14(18(21)24)16(15)23-20/h4-10,17H,3,11H2,1-2H3,(H2,21,24)(H,22,23). The van der Waals surface area contributed by atoms with Gasteiger partial charge in [-0.3, -0.25) is 9.59 Å². The van der Waals surface area contributed by atoms with Crippen LogP contribution in [-0.2, 0) is 9.53 Å². The molecule has 0 aliphatic heterocycles. The number of para-hydroxylation sites is 1. The number of hydrogen-bond donors (Lipinski definition) is 2. The molecule has 0 saturated carbocycles. The van der Waals surface area contributed by atoms with Crippen molar-refractivity contribution in [3.63, 3.8) is 0 Å². The Morgan fingerprint density at radius 3 is 2.61 bits per heavy atom. The second kappa shape index (κ2) is 8.79. The van der Waals surface area contributed by atoms with E-state index in [9.17, 15) is 9.59 Å². The Kier molecular flexibility index (Phi) is 6.20. The molecule has 0 aliphatic carbocycles. The SMILES string of the molecule is CCCOC(=O)C(Sc1nc2c(C(N)=O)cccc2[nH]1)c1ccc(OC)cc1. The van der Waals surface area contributed by atoms with Crippen molar-refractivity contribution in [3.8, 4) is 5.75 Å². The van der Waals surface area contributed by atoms with E-state index < -0.39 is 11.2 Å². The zero-order valence-corrected chi connectivity index (χ0v) is 16.4. The number of primary amides is 1. The number of H-pyrrole nitrogens is 1. The van der Waals surface area contributed by atoms with E-state index in [0.29, 0.717) is 34.1 Å². The number of hydrogen-bond acceptors (Lipinski definition) is 6. The van der Waals surface area contributed by atoms with Crippen LogP contribution in [0, 0.1) is 0 Å². The van der Waals surface area contributed by atoms with Crippen LogP contribution in [0.4, 0.5) is 0 Å². The summed E-state index contributed by atoms with van der Waals surface area (Å²) in [5, 5.41) is -0.118. The average molecular weight is 399 g/mol. The number of ether oxygens (including phenoxy) is 2. The Balaban J connectivity index is 1.94. The lowest BCUT2D eigenvalue weighted by Crippen LogP contribution is -2.14. The molecule has 0 radical (unpaired) electrons. The summed E-state index contributed by atoms with van der Waals surface area (Å²) in [7, 11) is 1.58. The maximum Gasteiger partial charge on any atom is 0.324 e. The summed E-state index contributed by atoms with van der Waals surface area (Å²) in [5.74, 6) is -0.209. The molecule has 8 heteroatoms. The van der Waals surface area contributed by atoms with E-state index in [1.807, 2.05) is 19.1 Å². The number of fused-ring (bicyclic) bond motifs is 1. The number of rotatable bonds is 8. The van der Waals surface area contributed by atoms with E-state index in [4.69, 9.17) is 15.2 Å². The maximum absolute atomic E-state index is 12.7. The molecule has 0 saturated heterocycles. The molecule has 1 heterocycles. The third-order valence-electron chi connectivity index (χ3n) is 4.07. The number of nitrogens with zero attached hydrogens (tertiary/aromatic N) is 1. The van der Waals surface area contributed by atoms with Crippen LogP contribution >= 0.6 is 11.8 Å². The smallest absolute Gasteiger partial charge is 0.324 e. The van der Waals surface area contributed by atoms with Crippen LogP contribution in [0.1, 0.15) is 34.5 Å². The molecule has 1 aromatic heterocycles. The second-order valence-corrected chi connectivity index (χ2v) is 7.14. The largest absolute Gasteiger partial charge is 0.497 e. The molecule has 2 aromatic carbocycles. The first-order valence-corrected chi connectivity index (χ1v) is 9.67. The Morgan fingerprint density at radius 1 is 1.21 bits per heavy atom. The van der Waals surface area contributed by atoms with Gasteiger partial charge in [0.2, 0.25) is 0 Å². The molecule has 7 nitrogen and oxygen atoms in total. The molecule has 0 spiro atoms. The van der Waals surface area contributed by atoms with Crippen molar-refractivity contribution < 1.29 is 19.1 Å². The van der Waals surface area contributed by atoms with Gasteiger partial charge in [-0.15, -0.1) is 0 Å². The number of aromatic amines is 1. The van der Waals surface area contributed by atoms with Gasteiger partial charge in [-0.1, -0.05) is 36.9 Å². The van der Waals surface area contributed by atoms with Crippen molar-refractivity contribution in [2.45, 2.75) is 23.8 Å². The Labute approximate surface area is 166 Å². The Morgan fingerprint density at radius 2 is 1.96 bits per heavy atom. The number of thioether (sulfide) groups is 1. The zero-order chi connectivity index (χ0) is 20.1. The van der Waals surface area contributed by atoms with Gasteiger partial charge in [-0.05, 0) is 36.2 Å². The van der Waals surface area contributed by atoms with Gasteiger partial charge in [0.1, 0.15) is 16.5 Å². The average Bonchev–Trinajstić information content (AvgIpc) is 3.12. The highest BCUT2D eigenvalue weighted by molar-refractivity contribution is 8.00. The molecular formula is C20H21N3O4S. The zero-order valence-electron chi connectivity index (χ0n) is 15.6. The lowest BCUT2D eigenvalue weighted by atomic mass is 10.1. The van der Waals surface area contributed by atoms with Gasteiger partial charge in [0.05, 0.1) is 24.8 Å². The summed E-state index contributed by atoms with van der Waals surface area (Å²) in [4.78, 5) is 31.9. The number of nitrogens with two attached hydrogens (primary N) is 1. The van der Waals surface area contributed by atoms with Crippen LogP contribution in [0.2, 0.25) is 0 Å². The van der Waals surface area contributed by atoms with E-state index in [1.54, 1.807) is 37.4 Å². The highest BCUT2D eigenvalue weighted by atomic mass is 32.2. The summed E-state index contributed by atoms with van der Waals surface area (Å²) >= 11 is 1.23. The summed E-state index contributed by atoms with van der Waals surface area (Å²) in [6.07, 6.45) is 0.734. The van der Waals surface area contributed by atoms with Crippen molar-refractivity contribution >= 4 is 34.7 Å².